The molecule has 0 atom stereocenters. The fourth-order valence-electron chi connectivity index (χ4n) is 14.3. The molecule has 149 heavy (non-hydrogen) atoms. The number of esters is 5. The monoisotopic (exact) mass is 2260 g/mol. The van der Waals surface area contributed by atoms with E-state index in [2.05, 4.69) is 76.5 Å². The van der Waals surface area contributed by atoms with Gasteiger partial charge in [-0.15, -0.1) is 74.5 Å². The standard InChI is InChI=1S/C21H16Cl2N4O2S2.C21H16Cl2N4O2S.C21H17ClN4O3S.C20H14Cl2N4O3.C20H14Cl2N4O2S/c1-12-6-5-7-13(10-12)19-24-25-20(31-19)18-16(23)17(21(28)29-11-30-2)26-27(18)15-9-4-3-8-14(15)22;1-3-29-21(28)17-16(23)18(27(26-17)15-10-5-4-9-14(15)22)20-25-24-19(30-20)13-8-6-7-12(2)11-13;1-13-6-5-7-14(10-13)19-23-24-20(29-19)18-11-16(21(27)28-12-30-2)25-26(18)17-9-4-3-8-15(17)22;2*1-11-6-5-7-12(10-11)18-23-24-19(29-18)17-15(22)16(20(27)28-2)25-26(17)14-9-4-3-8-13(14)21/h3-10H,11H2,1-2H3;4-11H,3H2,1-2H3;3-11H,12H2,1-2H3;2*3-10H,1-2H3. The molecule has 10 heterocycles. The summed E-state index contributed by atoms with van der Waals surface area (Å²) in [4.78, 5) is 61.6. The third kappa shape index (κ3) is 24.7. The number of nitrogens with zero attached hydrogens (tertiary/aromatic N) is 20. The molecule has 0 aliphatic carbocycles. The Balaban J connectivity index is 0.000000133. The van der Waals surface area contributed by atoms with Gasteiger partial charge in [0.15, 0.2) is 49.2 Å². The highest BCUT2D eigenvalue weighted by molar-refractivity contribution is 7.98. The maximum Gasteiger partial charge on any atom is 0.361 e. The minimum absolute atomic E-state index is 0.000687. The van der Waals surface area contributed by atoms with Crippen LogP contribution in [-0.4, -0.2) is 175 Å². The van der Waals surface area contributed by atoms with Crippen LogP contribution >= 0.6 is 162 Å². The smallest absolute Gasteiger partial charge is 0.361 e. The molecule has 0 N–H and O–H groups in total. The summed E-state index contributed by atoms with van der Waals surface area (Å²) in [6, 6.07) is 76.4. The largest absolute Gasteiger partial charge is 0.464 e. The second kappa shape index (κ2) is 49.3. The Kier molecular flexibility index (Phi) is 35.6. The number of rotatable bonds is 25. The van der Waals surface area contributed by atoms with Gasteiger partial charge in [0.25, 0.3) is 11.8 Å². The van der Waals surface area contributed by atoms with Crippen LogP contribution in [0.4, 0.5) is 0 Å². The number of carbonyl (C=O) groups is 5. The predicted molar refractivity (Wildman–Crippen MR) is 583 cm³/mol. The van der Waals surface area contributed by atoms with Crippen molar-refractivity contribution in [2.24, 2.45) is 0 Å². The van der Waals surface area contributed by atoms with Crippen LogP contribution in [0.1, 0.15) is 87.2 Å². The summed E-state index contributed by atoms with van der Waals surface area (Å²) in [5.41, 5.74) is 14.6. The van der Waals surface area contributed by atoms with E-state index in [0.717, 1.165) is 70.7 Å². The quantitative estimate of drug-likeness (QED) is 0.0291. The number of thioether (sulfide) groups is 2. The molecule has 0 saturated heterocycles. The van der Waals surface area contributed by atoms with E-state index < -0.39 is 29.8 Å². The zero-order valence-corrected chi connectivity index (χ0v) is 90.5. The lowest BCUT2D eigenvalue weighted by Crippen LogP contribution is -2.07. The molecule has 0 amide bonds. The van der Waals surface area contributed by atoms with E-state index in [1.54, 1.807) is 91.9 Å². The number of hydrogen-bond acceptors (Lipinski definition) is 32. The van der Waals surface area contributed by atoms with Crippen LogP contribution in [0.5, 0.6) is 0 Å². The van der Waals surface area contributed by atoms with Crippen molar-refractivity contribution in [2.45, 2.75) is 41.5 Å². The van der Waals surface area contributed by atoms with Crippen molar-refractivity contribution in [1.82, 2.24) is 99.9 Å². The Hall–Kier alpha value is -14.1. The molecule has 20 aromatic rings. The summed E-state index contributed by atoms with van der Waals surface area (Å²) in [7, 11) is 2.52. The van der Waals surface area contributed by atoms with Crippen LogP contribution in [-0.2, 0) is 23.7 Å². The highest BCUT2D eigenvalue weighted by Crippen LogP contribution is 2.45. The van der Waals surface area contributed by atoms with Crippen molar-refractivity contribution in [1.29, 1.82) is 0 Å². The molecule has 0 aliphatic rings. The summed E-state index contributed by atoms with van der Waals surface area (Å²) in [5, 5.41) is 70.6. The van der Waals surface area contributed by atoms with E-state index in [9.17, 15) is 24.0 Å². The second-order valence-electron chi connectivity index (χ2n) is 31.6. The maximum atomic E-state index is 12.5. The Labute approximate surface area is 915 Å². The summed E-state index contributed by atoms with van der Waals surface area (Å²) < 4.78 is 44.3. The lowest BCUT2D eigenvalue weighted by Gasteiger charge is -2.07. The van der Waals surface area contributed by atoms with E-state index in [4.69, 9.17) is 137 Å². The zero-order chi connectivity index (χ0) is 105. The molecular weight excluding hydrogens is 2190 g/mol. The fourth-order valence-corrected chi connectivity index (χ4v) is 19.8. The number of ether oxygens (including phenoxy) is 5. The number of aromatic nitrogens is 20. The zero-order valence-electron chi connectivity index (χ0n) is 79.6. The van der Waals surface area contributed by atoms with E-state index in [-0.39, 0.29) is 84.5 Å². The van der Waals surface area contributed by atoms with Crippen molar-refractivity contribution >= 4 is 192 Å². The molecule has 0 radical (unpaired) electrons. The molecule has 0 aliphatic heterocycles. The third-order valence-electron chi connectivity index (χ3n) is 21.1. The molecule has 10 aromatic heterocycles. The predicted octanol–water partition coefficient (Wildman–Crippen LogP) is 27.5. The van der Waals surface area contributed by atoms with Gasteiger partial charge < -0.3 is 32.5 Å². The van der Waals surface area contributed by atoms with Gasteiger partial charge in [-0.05, 0) is 157 Å². The summed E-state index contributed by atoms with van der Waals surface area (Å²) in [5.74, 6) is -1.71. The van der Waals surface area contributed by atoms with Gasteiger partial charge >= 0.3 is 29.8 Å². The Morgan fingerprint density at radius 1 is 0.295 bits per heavy atom. The second-order valence-corrected chi connectivity index (χ2v) is 39.7. The first-order chi connectivity index (χ1) is 72.0. The number of methoxy groups -OCH3 is 2. The van der Waals surface area contributed by atoms with Gasteiger partial charge in [-0.2, -0.15) is 25.5 Å². The molecule has 0 spiro atoms. The van der Waals surface area contributed by atoms with Crippen molar-refractivity contribution in [3.63, 3.8) is 0 Å². The molecule has 754 valence electrons. The lowest BCUT2D eigenvalue weighted by molar-refractivity contribution is 0.0515. The first-order valence-corrected chi connectivity index (χ1v) is 52.9. The number of carbonyl (C=O) groups excluding carboxylic acids is 5. The molecule has 32 nitrogen and oxygen atoms in total. The van der Waals surface area contributed by atoms with Gasteiger partial charge in [-0.1, -0.05) is 306 Å². The Morgan fingerprint density at radius 3 is 0.899 bits per heavy atom. The summed E-state index contributed by atoms with van der Waals surface area (Å²) in [6.45, 7) is 11.9. The number of hydrogen-bond donors (Lipinski definition) is 0. The van der Waals surface area contributed by atoms with Crippen LogP contribution < -0.4 is 0 Å². The minimum Gasteiger partial charge on any atom is -0.464 e. The maximum absolute atomic E-state index is 12.5. The highest BCUT2D eigenvalue weighted by atomic mass is 35.5. The van der Waals surface area contributed by atoms with Crippen molar-refractivity contribution in [3.05, 3.63) is 350 Å². The van der Waals surface area contributed by atoms with Gasteiger partial charge in [0, 0.05) is 33.9 Å². The van der Waals surface area contributed by atoms with E-state index in [1.807, 2.05) is 211 Å². The number of benzene rings is 10. The number of halogens is 9. The number of aryl methyl sites for hydroxylation is 5. The Morgan fingerprint density at radius 2 is 0.570 bits per heavy atom. The van der Waals surface area contributed by atoms with Crippen molar-refractivity contribution in [3.8, 4) is 138 Å². The molecule has 10 aromatic carbocycles. The number of para-hydroxylation sites is 5. The fraction of sp³-hybridized carbons (Fsp3) is 0.126. The molecule has 0 fully saturated rings. The average Bonchev–Trinajstić information content (AvgIpc) is 1.62. The average molecular weight is 2270 g/mol. The van der Waals surface area contributed by atoms with E-state index >= 15 is 0 Å². The summed E-state index contributed by atoms with van der Waals surface area (Å²) in [6.07, 6.45) is 3.67. The molecule has 0 bridgehead atoms. The van der Waals surface area contributed by atoms with Crippen LogP contribution in [0.3, 0.4) is 0 Å². The third-order valence-corrected chi connectivity index (χ3v) is 27.8. The van der Waals surface area contributed by atoms with Crippen molar-refractivity contribution in [2.75, 3.05) is 45.2 Å². The van der Waals surface area contributed by atoms with Crippen molar-refractivity contribution < 1.29 is 56.5 Å². The van der Waals surface area contributed by atoms with Crippen LogP contribution in [0.2, 0.25) is 45.2 Å². The normalized spacial score (nSPS) is 10.9. The molecule has 46 heteroatoms. The molecule has 20 rings (SSSR count). The first kappa shape index (κ1) is 108. The minimum atomic E-state index is -0.694. The van der Waals surface area contributed by atoms with Gasteiger partial charge in [0.05, 0.1) is 74.4 Å². The van der Waals surface area contributed by atoms with Crippen LogP contribution in [0.15, 0.2) is 258 Å². The van der Waals surface area contributed by atoms with Crippen LogP contribution in [0, 0.1) is 34.6 Å². The lowest BCUT2D eigenvalue weighted by atomic mass is 10.1. The van der Waals surface area contributed by atoms with Gasteiger partial charge in [0.1, 0.15) is 69.8 Å². The van der Waals surface area contributed by atoms with Gasteiger partial charge in [-0.3, -0.25) is 0 Å². The van der Waals surface area contributed by atoms with Crippen LogP contribution in [0.25, 0.3) is 138 Å². The Bertz CT molecular complexity index is 8150. The van der Waals surface area contributed by atoms with Gasteiger partial charge in [0.2, 0.25) is 11.8 Å². The molecule has 0 unspecified atom stereocenters. The van der Waals surface area contributed by atoms with Gasteiger partial charge in [-0.25, -0.2) is 47.4 Å². The van der Waals surface area contributed by atoms with E-state index in [0.29, 0.717) is 103 Å². The molecule has 0 saturated carbocycles. The molecular formula is C103H77Cl9N20O12S5. The SMILES string of the molecule is CCOC(=O)c1nn(-c2ccccc2Cl)c(-c2nnc(-c3cccc(C)c3)s2)c1Cl.COC(=O)c1nn(-c2ccccc2Cl)c(-c2nnc(-c3cccc(C)c3)o2)c1Cl.COC(=O)c1nn(-c2ccccc2Cl)c(-c2nnc(-c3cccc(C)c3)s2)c1Cl.CSCOC(=O)c1cc(-c2nnc(-c3cccc(C)c3)o2)n(-c2ccccc2Cl)n1.CSCOC(=O)c1nn(-c2ccccc2Cl)c(-c2nnc(-c3cccc(C)c3)s2)c1Cl. The summed E-state index contributed by atoms with van der Waals surface area (Å²) >= 11 is 64.9. The first-order valence-electron chi connectivity index (χ1n) is 44.2. The topological polar surface area (TPSA) is 376 Å². The van der Waals surface area contributed by atoms with E-state index in [1.165, 1.54) is 95.2 Å². The highest BCUT2D eigenvalue weighted by Gasteiger charge is 2.35.